The molecule has 0 saturated carbocycles. The van der Waals surface area contributed by atoms with E-state index in [1.54, 1.807) is 0 Å². The number of amides is 1. The summed E-state index contributed by atoms with van der Waals surface area (Å²) in [6.07, 6.45) is 4.11. The van der Waals surface area contributed by atoms with Crippen molar-refractivity contribution in [3.8, 4) is 0 Å². The average molecular weight is 261 g/mol. The smallest absolute Gasteiger partial charge is 0.228 e. The molecule has 2 heterocycles. The number of nitrogens with two attached hydrogens (primary N) is 1. The topological polar surface area (TPSA) is 76.4 Å². The Balaban J connectivity index is 1.61. The molecule has 1 saturated heterocycles. The molecule has 5 nitrogen and oxygen atoms in total. The highest BCUT2D eigenvalue weighted by atomic mass is 16.5. The van der Waals surface area contributed by atoms with Gasteiger partial charge in [0.25, 0.3) is 0 Å². The molecule has 1 unspecified atom stereocenters. The lowest BCUT2D eigenvalue weighted by molar-refractivity contribution is -0.115. The zero-order valence-electron chi connectivity index (χ0n) is 10.9. The third kappa shape index (κ3) is 2.66. The van der Waals surface area contributed by atoms with Crippen LogP contribution in [0, 0.1) is 0 Å². The van der Waals surface area contributed by atoms with E-state index in [0.717, 1.165) is 49.4 Å². The van der Waals surface area contributed by atoms with Crippen molar-refractivity contribution in [2.75, 3.05) is 29.5 Å². The van der Waals surface area contributed by atoms with E-state index in [1.807, 2.05) is 12.1 Å². The Morgan fingerprint density at radius 1 is 1.47 bits per heavy atom. The normalized spacial score (nSPS) is 21.3. The summed E-state index contributed by atoms with van der Waals surface area (Å²) in [6, 6.07) is 3.80. The summed E-state index contributed by atoms with van der Waals surface area (Å²) in [5.74, 6) is 0.0332. The number of ether oxygens (including phenoxy) is 1. The van der Waals surface area contributed by atoms with Gasteiger partial charge in [-0.05, 0) is 37.0 Å². The summed E-state index contributed by atoms with van der Waals surface area (Å²) in [6.45, 7) is 1.72. The molecule has 1 aromatic carbocycles. The van der Waals surface area contributed by atoms with Crippen LogP contribution in [0.1, 0.15) is 24.8 Å². The first-order chi connectivity index (χ1) is 9.22. The molecule has 3 rings (SSSR count). The van der Waals surface area contributed by atoms with Crippen LogP contribution in [-0.4, -0.2) is 25.2 Å². The minimum Gasteiger partial charge on any atom is -0.397 e. The predicted molar refractivity (Wildman–Crippen MR) is 75.3 cm³/mol. The second kappa shape index (κ2) is 5.09. The molecule has 1 aromatic rings. The number of fused-ring (bicyclic) bond motifs is 1. The van der Waals surface area contributed by atoms with Crippen LogP contribution in [0.3, 0.4) is 0 Å². The molecule has 2 aliphatic rings. The summed E-state index contributed by atoms with van der Waals surface area (Å²) < 4.78 is 5.58. The highest BCUT2D eigenvalue weighted by molar-refractivity contribution is 6.00. The zero-order valence-corrected chi connectivity index (χ0v) is 10.9. The van der Waals surface area contributed by atoms with Crippen molar-refractivity contribution >= 4 is 23.0 Å². The Morgan fingerprint density at radius 3 is 3.16 bits per heavy atom. The summed E-state index contributed by atoms with van der Waals surface area (Å²) in [5, 5.41) is 6.17. The monoisotopic (exact) mass is 261 g/mol. The molecule has 1 fully saturated rings. The molecule has 2 aliphatic heterocycles. The fourth-order valence-corrected chi connectivity index (χ4v) is 2.69. The maximum Gasteiger partial charge on any atom is 0.228 e. The fraction of sp³-hybridized carbons (Fsp3) is 0.500. The minimum absolute atomic E-state index is 0.0332. The van der Waals surface area contributed by atoms with Crippen LogP contribution < -0.4 is 16.4 Å². The number of rotatable bonds is 4. The molecule has 0 bridgehead atoms. The second-order valence-corrected chi connectivity index (χ2v) is 5.17. The first-order valence-electron chi connectivity index (χ1n) is 6.80. The van der Waals surface area contributed by atoms with Gasteiger partial charge in [0.15, 0.2) is 0 Å². The van der Waals surface area contributed by atoms with Crippen molar-refractivity contribution in [1.29, 1.82) is 0 Å². The summed E-state index contributed by atoms with van der Waals surface area (Å²) >= 11 is 0. The number of hydrogen-bond acceptors (Lipinski definition) is 4. The summed E-state index contributed by atoms with van der Waals surface area (Å²) in [5.41, 5.74) is 9.44. The average Bonchev–Trinajstić information content (AvgIpc) is 2.98. The van der Waals surface area contributed by atoms with Crippen LogP contribution in [0.2, 0.25) is 0 Å². The van der Waals surface area contributed by atoms with Crippen LogP contribution in [0.4, 0.5) is 17.1 Å². The molecule has 4 N–H and O–H groups in total. The van der Waals surface area contributed by atoms with E-state index in [-0.39, 0.29) is 5.91 Å². The fourth-order valence-electron chi connectivity index (χ4n) is 2.69. The first-order valence-corrected chi connectivity index (χ1v) is 6.80. The van der Waals surface area contributed by atoms with Gasteiger partial charge in [-0.3, -0.25) is 4.79 Å². The van der Waals surface area contributed by atoms with E-state index < -0.39 is 0 Å². The molecule has 0 aromatic heterocycles. The predicted octanol–water partition coefficient (Wildman–Crippen LogP) is 1.74. The Hall–Kier alpha value is -1.75. The van der Waals surface area contributed by atoms with Gasteiger partial charge < -0.3 is 21.1 Å². The highest BCUT2D eigenvalue weighted by Crippen LogP contribution is 2.31. The maximum atomic E-state index is 11.3. The Morgan fingerprint density at radius 2 is 2.37 bits per heavy atom. The molecule has 5 heteroatoms. The van der Waals surface area contributed by atoms with E-state index in [2.05, 4.69) is 10.6 Å². The molecule has 0 radical (unpaired) electrons. The quantitative estimate of drug-likeness (QED) is 0.722. The van der Waals surface area contributed by atoms with Gasteiger partial charge >= 0.3 is 0 Å². The van der Waals surface area contributed by atoms with Crippen molar-refractivity contribution in [1.82, 2.24) is 0 Å². The molecular weight excluding hydrogens is 242 g/mol. The number of carbonyl (C=O) groups is 1. The van der Waals surface area contributed by atoms with Gasteiger partial charge in [0.1, 0.15) is 0 Å². The van der Waals surface area contributed by atoms with E-state index in [1.165, 1.54) is 0 Å². The van der Waals surface area contributed by atoms with Crippen LogP contribution in [0.15, 0.2) is 12.1 Å². The second-order valence-electron chi connectivity index (χ2n) is 5.17. The van der Waals surface area contributed by atoms with Crippen LogP contribution in [-0.2, 0) is 16.0 Å². The number of benzene rings is 1. The number of nitrogens with one attached hydrogen (secondary N) is 2. The maximum absolute atomic E-state index is 11.3. The number of carbonyl (C=O) groups excluding carboxylic acids is 1. The molecular formula is C14H19N3O2. The van der Waals surface area contributed by atoms with Crippen LogP contribution in [0.25, 0.3) is 0 Å². The molecule has 0 aliphatic carbocycles. The lowest BCUT2D eigenvalue weighted by Crippen LogP contribution is -2.13. The van der Waals surface area contributed by atoms with Crippen LogP contribution in [0.5, 0.6) is 0 Å². The highest BCUT2D eigenvalue weighted by Gasteiger charge is 2.19. The van der Waals surface area contributed by atoms with Gasteiger partial charge in [-0.25, -0.2) is 0 Å². The molecule has 1 atom stereocenters. The zero-order chi connectivity index (χ0) is 13.2. The number of nitrogen functional groups attached to an aromatic ring is 1. The van der Waals surface area contributed by atoms with Crippen LogP contribution >= 0.6 is 0 Å². The molecule has 19 heavy (non-hydrogen) atoms. The Kier molecular flexibility index (Phi) is 3.29. The minimum atomic E-state index is 0.0332. The lowest BCUT2D eigenvalue weighted by Gasteiger charge is -2.13. The van der Waals surface area contributed by atoms with E-state index in [0.29, 0.717) is 18.2 Å². The molecule has 0 spiro atoms. The van der Waals surface area contributed by atoms with Gasteiger partial charge in [0.05, 0.1) is 23.9 Å². The third-order valence-electron chi connectivity index (χ3n) is 3.71. The van der Waals surface area contributed by atoms with Crippen molar-refractivity contribution in [2.24, 2.45) is 0 Å². The van der Waals surface area contributed by atoms with E-state index >= 15 is 0 Å². The first kappa shape index (κ1) is 12.3. The Bertz CT molecular complexity index is 496. The van der Waals surface area contributed by atoms with Crippen molar-refractivity contribution in [3.63, 3.8) is 0 Å². The number of hydrogen-bond donors (Lipinski definition) is 3. The van der Waals surface area contributed by atoms with Gasteiger partial charge in [0.2, 0.25) is 5.91 Å². The lowest BCUT2D eigenvalue weighted by atomic mass is 10.1. The summed E-state index contributed by atoms with van der Waals surface area (Å²) in [4.78, 5) is 11.3. The summed E-state index contributed by atoms with van der Waals surface area (Å²) in [7, 11) is 0. The Labute approximate surface area is 112 Å². The van der Waals surface area contributed by atoms with Gasteiger partial charge in [0, 0.05) is 18.8 Å². The standard InChI is InChI=1S/C14H19N3O2/c15-11-6-9-7-14(18)17-12(9)8-13(11)16-4-3-10-2-1-5-19-10/h6,8,10,16H,1-5,7,15H2,(H,17,18). The number of anilines is 3. The SMILES string of the molecule is Nc1cc2c(cc1NCCC1CCCO1)NC(=O)C2. The van der Waals surface area contributed by atoms with Crippen molar-refractivity contribution < 1.29 is 9.53 Å². The molecule has 1 amide bonds. The molecule has 102 valence electrons. The van der Waals surface area contributed by atoms with Gasteiger partial charge in [-0.2, -0.15) is 0 Å². The van der Waals surface area contributed by atoms with Crippen molar-refractivity contribution in [3.05, 3.63) is 17.7 Å². The third-order valence-corrected chi connectivity index (χ3v) is 3.71. The van der Waals surface area contributed by atoms with E-state index in [9.17, 15) is 4.79 Å². The van der Waals surface area contributed by atoms with Gasteiger partial charge in [-0.15, -0.1) is 0 Å². The largest absolute Gasteiger partial charge is 0.397 e. The van der Waals surface area contributed by atoms with Gasteiger partial charge in [-0.1, -0.05) is 0 Å². The van der Waals surface area contributed by atoms with E-state index in [4.69, 9.17) is 10.5 Å². The van der Waals surface area contributed by atoms with Crippen molar-refractivity contribution in [2.45, 2.75) is 31.8 Å².